The summed E-state index contributed by atoms with van der Waals surface area (Å²) in [6.45, 7) is 7.85. The predicted octanol–water partition coefficient (Wildman–Crippen LogP) is 4.56. The summed E-state index contributed by atoms with van der Waals surface area (Å²) < 4.78 is 5.59. The van der Waals surface area contributed by atoms with Gasteiger partial charge in [-0.1, -0.05) is 76.2 Å². The lowest BCUT2D eigenvalue weighted by Crippen LogP contribution is -2.49. The van der Waals surface area contributed by atoms with Crippen LogP contribution in [0.5, 0.6) is 0 Å². The number of aliphatic carboxylic acids is 1. The van der Waals surface area contributed by atoms with Crippen LogP contribution in [0.2, 0.25) is 0 Å². The molecular weight excluding hydrogens is 432 g/mol. The summed E-state index contributed by atoms with van der Waals surface area (Å²) in [6, 6.07) is 15.4. The van der Waals surface area contributed by atoms with Crippen molar-refractivity contribution in [1.82, 2.24) is 10.6 Å². The van der Waals surface area contributed by atoms with Gasteiger partial charge in [0, 0.05) is 12.5 Å². The number of carbonyl (C=O) groups excluding carboxylic acids is 2. The standard InChI is InChI=1S/C27H34N2O5/c1-17(2)13-23(25(32)28-16-27(3,4)14-24(30)31)29-26(33)34-15-22-20-11-7-5-9-18(20)19-10-6-8-12-21(19)22/h5-12,17,22-23H,13-16H2,1-4H3,(H,28,32)(H,29,33)(H,30,31). The van der Waals surface area contributed by atoms with E-state index in [2.05, 4.69) is 34.9 Å². The fourth-order valence-electron chi connectivity index (χ4n) is 4.41. The largest absolute Gasteiger partial charge is 0.481 e. The van der Waals surface area contributed by atoms with Crippen LogP contribution in [0.4, 0.5) is 4.79 Å². The third-order valence-corrected chi connectivity index (χ3v) is 6.03. The number of carbonyl (C=O) groups is 3. The molecule has 3 rings (SSSR count). The highest BCUT2D eigenvalue weighted by Gasteiger charge is 2.30. The highest BCUT2D eigenvalue weighted by Crippen LogP contribution is 2.44. The number of carboxylic acids is 1. The number of alkyl carbamates (subject to hydrolysis) is 1. The Balaban J connectivity index is 1.62. The van der Waals surface area contributed by atoms with Crippen LogP contribution in [0.25, 0.3) is 11.1 Å². The van der Waals surface area contributed by atoms with Crippen molar-refractivity contribution in [2.24, 2.45) is 11.3 Å². The molecule has 3 N–H and O–H groups in total. The number of hydrogen-bond donors (Lipinski definition) is 3. The monoisotopic (exact) mass is 466 g/mol. The van der Waals surface area contributed by atoms with Gasteiger partial charge in [-0.15, -0.1) is 0 Å². The van der Waals surface area contributed by atoms with Gasteiger partial charge < -0.3 is 20.5 Å². The van der Waals surface area contributed by atoms with Gasteiger partial charge in [0.1, 0.15) is 12.6 Å². The molecule has 2 aromatic rings. The van der Waals surface area contributed by atoms with Crippen LogP contribution in [0.3, 0.4) is 0 Å². The van der Waals surface area contributed by atoms with Gasteiger partial charge in [-0.25, -0.2) is 4.79 Å². The van der Waals surface area contributed by atoms with Gasteiger partial charge in [0.05, 0.1) is 6.42 Å². The molecule has 0 bridgehead atoms. The average molecular weight is 467 g/mol. The van der Waals surface area contributed by atoms with Crippen LogP contribution in [0.15, 0.2) is 48.5 Å². The molecular formula is C27H34N2O5. The molecule has 182 valence electrons. The fourth-order valence-corrected chi connectivity index (χ4v) is 4.41. The first-order valence-corrected chi connectivity index (χ1v) is 11.7. The lowest BCUT2D eigenvalue weighted by Gasteiger charge is -2.26. The van der Waals surface area contributed by atoms with Gasteiger partial charge >= 0.3 is 12.1 Å². The van der Waals surface area contributed by atoms with Crippen molar-refractivity contribution in [3.05, 3.63) is 59.7 Å². The minimum atomic E-state index is -0.922. The second kappa shape index (κ2) is 10.7. The van der Waals surface area contributed by atoms with Crippen molar-refractivity contribution in [1.29, 1.82) is 0 Å². The molecule has 0 aliphatic heterocycles. The molecule has 0 heterocycles. The van der Waals surface area contributed by atoms with Gasteiger partial charge in [-0.05, 0) is 40.0 Å². The minimum absolute atomic E-state index is 0.0626. The third-order valence-electron chi connectivity index (χ3n) is 6.03. The number of amides is 2. The predicted molar refractivity (Wildman–Crippen MR) is 130 cm³/mol. The number of rotatable bonds is 10. The molecule has 0 spiro atoms. The summed E-state index contributed by atoms with van der Waals surface area (Å²) >= 11 is 0. The zero-order valence-electron chi connectivity index (χ0n) is 20.3. The summed E-state index contributed by atoms with van der Waals surface area (Å²) in [5.41, 5.74) is 3.93. The van der Waals surface area contributed by atoms with E-state index in [4.69, 9.17) is 9.84 Å². The van der Waals surface area contributed by atoms with Crippen LogP contribution in [0, 0.1) is 11.3 Å². The second-order valence-corrected chi connectivity index (χ2v) is 10.1. The normalized spacial score (nSPS) is 13.7. The lowest BCUT2D eigenvalue weighted by atomic mass is 9.89. The molecule has 34 heavy (non-hydrogen) atoms. The quantitative estimate of drug-likeness (QED) is 0.476. The number of nitrogens with one attached hydrogen (secondary N) is 2. The number of benzene rings is 2. The molecule has 1 unspecified atom stereocenters. The molecule has 2 amide bonds. The van der Waals surface area contributed by atoms with Crippen molar-refractivity contribution in [2.45, 2.75) is 52.5 Å². The molecule has 1 aliphatic rings. The van der Waals surface area contributed by atoms with Crippen molar-refractivity contribution in [3.63, 3.8) is 0 Å². The van der Waals surface area contributed by atoms with Crippen LogP contribution < -0.4 is 10.6 Å². The number of hydrogen-bond acceptors (Lipinski definition) is 4. The highest BCUT2D eigenvalue weighted by molar-refractivity contribution is 5.86. The van der Waals surface area contributed by atoms with E-state index in [0.717, 1.165) is 22.3 Å². The molecule has 0 aromatic heterocycles. The first-order chi connectivity index (χ1) is 16.1. The first-order valence-electron chi connectivity index (χ1n) is 11.7. The Hall–Kier alpha value is -3.35. The van der Waals surface area contributed by atoms with E-state index in [0.29, 0.717) is 6.42 Å². The zero-order valence-corrected chi connectivity index (χ0v) is 20.3. The van der Waals surface area contributed by atoms with Crippen molar-refractivity contribution >= 4 is 18.0 Å². The molecule has 1 aliphatic carbocycles. The van der Waals surface area contributed by atoms with Gasteiger partial charge in [0.25, 0.3) is 0 Å². The molecule has 1 atom stereocenters. The smallest absolute Gasteiger partial charge is 0.407 e. The van der Waals surface area contributed by atoms with E-state index in [1.807, 2.05) is 38.1 Å². The topological polar surface area (TPSA) is 105 Å². The summed E-state index contributed by atoms with van der Waals surface area (Å²) in [4.78, 5) is 36.5. The Morgan fingerprint density at radius 2 is 1.56 bits per heavy atom. The summed E-state index contributed by atoms with van der Waals surface area (Å²) in [5, 5.41) is 14.5. The van der Waals surface area contributed by atoms with Gasteiger partial charge in [-0.3, -0.25) is 9.59 Å². The molecule has 0 saturated carbocycles. The van der Waals surface area contributed by atoms with Crippen LogP contribution in [-0.4, -0.2) is 42.3 Å². The molecule has 0 saturated heterocycles. The Bertz CT molecular complexity index is 1000. The van der Waals surface area contributed by atoms with Crippen LogP contribution in [-0.2, 0) is 14.3 Å². The van der Waals surface area contributed by atoms with E-state index in [1.54, 1.807) is 13.8 Å². The third kappa shape index (κ3) is 6.37. The maximum absolute atomic E-state index is 12.8. The average Bonchev–Trinajstić information content (AvgIpc) is 3.08. The Morgan fingerprint density at radius 1 is 1.00 bits per heavy atom. The number of carboxylic acid groups (broad SMARTS) is 1. The minimum Gasteiger partial charge on any atom is -0.481 e. The Labute approximate surface area is 200 Å². The first kappa shape index (κ1) is 25.3. The van der Waals surface area contributed by atoms with E-state index in [1.165, 1.54) is 0 Å². The van der Waals surface area contributed by atoms with Crippen LogP contribution in [0.1, 0.15) is 57.6 Å². The van der Waals surface area contributed by atoms with Gasteiger partial charge in [0.15, 0.2) is 0 Å². The van der Waals surface area contributed by atoms with Crippen molar-refractivity contribution in [2.75, 3.05) is 13.2 Å². The second-order valence-electron chi connectivity index (χ2n) is 10.1. The maximum Gasteiger partial charge on any atom is 0.407 e. The molecule has 0 fully saturated rings. The molecule has 7 nitrogen and oxygen atoms in total. The van der Waals surface area contributed by atoms with E-state index < -0.39 is 23.5 Å². The van der Waals surface area contributed by atoms with E-state index in [9.17, 15) is 14.4 Å². The Kier molecular flexibility index (Phi) is 7.97. The van der Waals surface area contributed by atoms with Gasteiger partial charge in [-0.2, -0.15) is 0 Å². The van der Waals surface area contributed by atoms with Crippen molar-refractivity contribution in [3.8, 4) is 11.1 Å². The summed E-state index contributed by atoms with van der Waals surface area (Å²) in [7, 11) is 0. The molecule has 0 radical (unpaired) electrons. The SMILES string of the molecule is CC(C)CC(NC(=O)OCC1c2ccccc2-c2ccccc21)C(=O)NCC(C)(C)CC(=O)O. The summed E-state index contributed by atoms with van der Waals surface area (Å²) in [5.74, 6) is -1.17. The maximum atomic E-state index is 12.8. The van der Waals surface area contributed by atoms with Crippen LogP contribution >= 0.6 is 0 Å². The number of fused-ring (bicyclic) bond motifs is 3. The molecule has 2 aromatic carbocycles. The summed E-state index contributed by atoms with van der Waals surface area (Å²) in [6.07, 6.45) is -0.274. The fraction of sp³-hybridized carbons (Fsp3) is 0.444. The van der Waals surface area contributed by atoms with Gasteiger partial charge in [0.2, 0.25) is 5.91 Å². The molecule has 7 heteroatoms. The lowest BCUT2D eigenvalue weighted by molar-refractivity contribution is -0.139. The van der Waals surface area contributed by atoms with Crippen molar-refractivity contribution < 1.29 is 24.2 Å². The highest BCUT2D eigenvalue weighted by atomic mass is 16.5. The Morgan fingerprint density at radius 3 is 2.09 bits per heavy atom. The van der Waals surface area contributed by atoms with E-state index in [-0.39, 0.29) is 37.3 Å². The zero-order chi connectivity index (χ0) is 24.9. The number of ether oxygens (including phenoxy) is 1. The van der Waals surface area contributed by atoms with E-state index >= 15 is 0 Å².